The van der Waals surface area contributed by atoms with Crippen LogP contribution in [0.4, 0.5) is 5.69 Å². The normalized spacial score (nSPS) is 18.4. The minimum atomic E-state index is -0.939. The number of rotatable bonds is 4. The summed E-state index contributed by atoms with van der Waals surface area (Å²) in [7, 11) is 0. The van der Waals surface area contributed by atoms with Gasteiger partial charge >= 0.3 is 5.97 Å². The summed E-state index contributed by atoms with van der Waals surface area (Å²) in [5.41, 5.74) is 0.573. The summed E-state index contributed by atoms with van der Waals surface area (Å²) in [5.74, 6) is -2.10. The van der Waals surface area contributed by atoms with Crippen LogP contribution in [0.5, 0.6) is 0 Å². The van der Waals surface area contributed by atoms with Gasteiger partial charge in [0.05, 0.1) is 12.5 Å². The van der Waals surface area contributed by atoms with Gasteiger partial charge in [0, 0.05) is 23.7 Å². The molecule has 1 saturated heterocycles. The summed E-state index contributed by atoms with van der Waals surface area (Å²) in [4.78, 5) is 35.9. The van der Waals surface area contributed by atoms with E-state index in [1.54, 1.807) is 24.3 Å². The van der Waals surface area contributed by atoms with Crippen molar-refractivity contribution in [1.29, 1.82) is 0 Å². The molecule has 2 N–H and O–H groups in total. The maximum atomic E-state index is 11.9. The Hall–Kier alpha value is -2.08. The van der Waals surface area contributed by atoms with Gasteiger partial charge in [-0.3, -0.25) is 14.4 Å². The second kappa shape index (κ2) is 6.58. The van der Waals surface area contributed by atoms with E-state index in [1.165, 1.54) is 4.90 Å². The molecular formula is C14H15ClN2O4. The second-order valence-electron chi connectivity index (χ2n) is 4.90. The fourth-order valence-electron chi connectivity index (χ4n) is 2.18. The number of anilines is 1. The zero-order valence-electron chi connectivity index (χ0n) is 11.2. The Labute approximate surface area is 126 Å². The van der Waals surface area contributed by atoms with Gasteiger partial charge in [-0.25, -0.2) is 0 Å². The first-order chi connectivity index (χ1) is 9.95. The third-order valence-electron chi connectivity index (χ3n) is 3.31. The molecule has 1 unspecified atom stereocenters. The number of carbonyl (C=O) groups is 3. The molecule has 0 aliphatic carbocycles. The van der Waals surface area contributed by atoms with E-state index in [9.17, 15) is 14.4 Å². The highest BCUT2D eigenvalue weighted by Gasteiger charge is 2.30. The van der Waals surface area contributed by atoms with Crippen molar-refractivity contribution < 1.29 is 19.5 Å². The third kappa shape index (κ3) is 4.19. The van der Waals surface area contributed by atoms with Crippen LogP contribution in [0.15, 0.2) is 24.3 Å². The van der Waals surface area contributed by atoms with Gasteiger partial charge in [-0.2, -0.15) is 0 Å². The summed E-state index contributed by atoms with van der Waals surface area (Å²) >= 11 is 5.75. The van der Waals surface area contributed by atoms with E-state index in [0.717, 1.165) is 0 Å². The number of halogens is 1. The van der Waals surface area contributed by atoms with E-state index >= 15 is 0 Å². The largest absolute Gasteiger partial charge is 0.481 e. The van der Waals surface area contributed by atoms with Gasteiger partial charge in [0.2, 0.25) is 11.8 Å². The first-order valence-corrected chi connectivity index (χ1v) is 6.89. The summed E-state index contributed by atoms with van der Waals surface area (Å²) in [6.45, 7) is -0.0759. The van der Waals surface area contributed by atoms with E-state index in [4.69, 9.17) is 16.7 Å². The lowest BCUT2D eigenvalue weighted by atomic mass is 9.98. The zero-order valence-corrected chi connectivity index (χ0v) is 12.0. The fraction of sp³-hybridized carbons (Fsp3) is 0.357. The van der Waals surface area contributed by atoms with Crippen LogP contribution >= 0.6 is 11.6 Å². The van der Waals surface area contributed by atoms with Gasteiger partial charge in [0.25, 0.3) is 0 Å². The molecule has 21 heavy (non-hydrogen) atoms. The van der Waals surface area contributed by atoms with E-state index < -0.39 is 11.9 Å². The topological polar surface area (TPSA) is 86.7 Å². The molecule has 0 saturated carbocycles. The van der Waals surface area contributed by atoms with Crippen molar-refractivity contribution in [3.05, 3.63) is 29.3 Å². The van der Waals surface area contributed by atoms with Crippen molar-refractivity contribution in [2.75, 3.05) is 18.4 Å². The van der Waals surface area contributed by atoms with Crippen LogP contribution in [0.3, 0.4) is 0 Å². The number of benzene rings is 1. The number of carboxylic acids is 1. The number of hydrogen-bond acceptors (Lipinski definition) is 3. The molecule has 0 bridgehead atoms. The van der Waals surface area contributed by atoms with Gasteiger partial charge in [0.1, 0.15) is 0 Å². The maximum Gasteiger partial charge on any atom is 0.308 e. The molecule has 1 aliphatic heterocycles. The Morgan fingerprint density at radius 3 is 2.62 bits per heavy atom. The zero-order chi connectivity index (χ0) is 15.4. The minimum Gasteiger partial charge on any atom is -0.481 e. The van der Waals surface area contributed by atoms with Crippen molar-refractivity contribution in [2.24, 2.45) is 5.92 Å². The number of likely N-dealkylation sites (tertiary alicyclic amines) is 1. The Balaban J connectivity index is 1.93. The van der Waals surface area contributed by atoms with Gasteiger partial charge in [0.15, 0.2) is 0 Å². The maximum absolute atomic E-state index is 11.9. The molecule has 1 heterocycles. The van der Waals surface area contributed by atoms with Crippen LogP contribution in [0, 0.1) is 5.92 Å². The lowest BCUT2D eigenvalue weighted by Gasteiger charge is -2.30. The van der Waals surface area contributed by atoms with Crippen LogP contribution in [0.25, 0.3) is 0 Å². The summed E-state index contributed by atoms with van der Waals surface area (Å²) in [6.07, 6.45) is 0.481. The predicted octanol–water partition coefficient (Wildman–Crippen LogP) is 1.60. The number of carboxylic acid groups (broad SMARTS) is 1. The van der Waals surface area contributed by atoms with Crippen LogP contribution in [0.1, 0.15) is 12.8 Å². The average molecular weight is 311 g/mol. The number of aliphatic carboxylic acids is 1. The van der Waals surface area contributed by atoms with E-state index in [2.05, 4.69) is 5.32 Å². The molecule has 1 fully saturated rings. The average Bonchev–Trinajstić information content (AvgIpc) is 2.43. The van der Waals surface area contributed by atoms with Crippen LogP contribution in [-0.4, -0.2) is 40.9 Å². The number of hydrogen-bond donors (Lipinski definition) is 2. The minimum absolute atomic E-state index is 0.0716. The Kier molecular flexibility index (Phi) is 4.80. The van der Waals surface area contributed by atoms with E-state index in [1.807, 2.05) is 0 Å². The second-order valence-corrected chi connectivity index (χ2v) is 5.34. The molecule has 1 aromatic rings. The molecule has 1 atom stereocenters. The van der Waals surface area contributed by atoms with E-state index in [0.29, 0.717) is 17.1 Å². The summed E-state index contributed by atoms with van der Waals surface area (Å²) < 4.78 is 0. The highest BCUT2D eigenvalue weighted by Crippen LogP contribution is 2.18. The molecule has 0 spiro atoms. The molecule has 0 radical (unpaired) electrons. The van der Waals surface area contributed by atoms with Gasteiger partial charge in [-0.1, -0.05) is 11.6 Å². The summed E-state index contributed by atoms with van der Waals surface area (Å²) in [5, 5.41) is 12.2. The Bertz CT molecular complexity index is 559. The molecule has 2 rings (SSSR count). The first kappa shape index (κ1) is 15.3. The monoisotopic (exact) mass is 310 g/mol. The summed E-state index contributed by atoms with van der Waals surface area (Å²) in [6, 6.07) is 6.59. The fourth-order valence-corrected chi connectivity index (χ4v) is 2.30. The molecule has 112 valence electrons. The predicted molar refractivity (Wildman–Crippen MR) is 77.0 cm³/mol. The van der Waals surface area contributed by atoms with Crippen molar-refractivity contribution >= 4 is 35.1 Å². The van der Waals surface area contributed by atoms with Crippen LogP contribution < -0.4 is 5.32 Å². The van der Waals surface area contributed by atoms with E-state index in [-0.39, 0.29) is 31.3 Å². The lowest BCUT2D eigenvalue weighted by Crippen LogP contribution is -2.46. The highest BCUT2D eigenvalue weighted by atomic mass is 35.5. The molecule has 1 aromatic carbocycles. The molecule has 6 nitrogen and oxygen atoms in total. The molecular weight excluding hydrogens is 296 g/mol. The number of piperidine rings is 1. The quantitative estimate of drug-likeness (QED) is 0.884. The van der Waals surface area contributed by atoms with Gasteiger partial charge in [-0.15, -0.1) is 0 Å². The first-order valence-electron chi connectivity index (χ1n) is 6.51. The Morgan fingerprint density at radius 2 is 2.00 bits per heavy atom. The molecule has 1 aliphatic rings. The third-order valence-corrected chi connectivity index (χ3v) is 3.56. The smallest absolute Gasteiger partial charge is 0.308 e. The molecule has 0 aromatic heterocycles. The SMILES string of the molecule is O=C(CN1CC(C(=O)O)CCC1=O)Nc1ccc(Cl)cc1. The highest BCUT2D eigenvalue weighted by molar-refractivity contribution is 6.30. The lowest BCUT2D eigenvalue weighted by molar-refractivity contribution is -0.148. The standard InChI is InChI=1S/C14H15ClN2O4/c15-10-2-4-11(5-3-10)16-12(18)8-17-7-9(14(20)21)1-6-13(17)19/h2-5,9H,1,6-8H2,(H,16,18)(H,20,21). The van der Waals surface area contributed by atoms with Gasteiger partial charge in [-0.05, 0) is 30.7 Å². The number of amides is 2. The van der Waals surface area contributed by atoms with Crippen LogP contribution in [-0.2, 0) is 14.4 Å². The molecule has 7 heteroatoms. The van der Waals surface area contributed by atoms with Crippen LogP contribution in [0.2, 0.25) is 5.02 Å². The van der Waals surface area contributed by atoms with Crippen molar-refractivity contribution in [3.63, 3.8) is 0 Å². The number of nitrogens with zero attached hydrogens (tertiary/aromatic N) is 1. The van der Waals surface area contributed by atoms with Crippen molar-refractivity contribution in [1.82, 2.24) is 4.90 Å². The number of carbonyl (C=O) groups excluding carboxylic acids is 2. The van der Waals surface area contributed by atoms with Crippen molar-refractivity contribution in [2.45, 2.75) is 12.8 Å². The number of nitrogens with one attached hydrogen (secondary N) is 1. The van der Waals surface area contributed by atoms with Gasteiger partial charge < -0.3 is 15.3 Å². The Morgan fingerprint density at radius 1 is 1.33 bits per heavy atom. The van der Waals surface area contributed by atoms with Crippen molar-refractivity contribution in [3.8, 4) is 0 Å². The molecule has 2 amide bonds.